The summed E-state index contributed by atoms with van der Waals surface area (Å²) in [5.74, 6) is 2.27. The molecule has 1 N–H and O–H groups in total. The molecule has 142 valence electrons. The van der Waals surface area contributed by atoms with E-state index < -0.39 is 0 Å². The fourth-order valence-corrected chi connectivity index (χ4v) is 4.24. The number of hydrogen-bond donors (Lipinski definition) is 1. The van der Waals surface area contributed by atoms with Crippen molar-refractivity contribution in [2.45, 2.75) is 25.2 Å². The van der Waals surface area contributed by atoms with Crippen LogP contribution < -0.4 is 0 Å². The number of hydrogen-bond acceptors (Lipinski definition) is 6. The van der Waals surface area contributed by atoms with Crippen molar-refractivity contribution < 1.29 is 9.21 Å². The van der Waals surface area contributed by atoms with Crippen LogP contribution in [0.15, 0.2) is 46.2 Å². The van der Waals surface area contributed by atoms with E-state index in [-0.39, 0.29) is 11.8 Å². The molecule has 1 fully saturated rings. The molecule has 7 nitrogen and oxygen atoms in total. The number of carbonyl (C=O) groups is 1. The van der Waals surface area contributed by atoms with Crippen molar-refractivity contribution in [1.29, 1.82) is 0 Å². The maximum atomic E-state index is 12.6. The predicted octanol–water partition coefficient (Wildman–Crippen LogP) is 3.62. The van der Waals surface area contributed by atoms with E-state index in [1.165, 1.54) is 0 Å². The first kappa shape index (κ1) is 17.1. The lowest BCUT2D eigenvalue weighted by Gasteiger charge is -2.15. The van der Waals surface area contributed by atoms with Gasteiger partial charge in [0.2, 0.25) is 11.8 Å². The number of carbonyl (C=O) groups excluding carboxylic acids is 1. The van der Waals surface area contributed by atoms with E-state index in [1.54, 1.807) is 11.3 Å². The quantitative estimate of drug-likeness (QED) is 0.559. The predicted molar refractivity (Wildman–Crippen MR) is 106 cm³/mol. The zero-order valence-corrected chi connectivity index (χ0v) is 16.0. The van der Waals surface area contributed by atoms with Crippen LogP contribution in [-0.2, 0) is 11.2 Å². The molecule has 1 atom stereocenters. The fourth-order valence-electron chi connectivity index (χ4n) is 3.60. The standard InChI is InChI=1S/C20H19N5O2S/c26-18(8-7-17-21-14-4-1-2-5-15(14)22-17)25-10-9-13(12-25)19-23-24-20(27-19)16-6-3-11-28-16/h1-6,11,13H,7-10,12H2,(H,21,22). The van der Waals surface area contributed by atoms with Crippen molar-refractivity contribution in [2.75, 3.05) is 13.1 Å². The van der Waals surface area contributed by atoms with Crippen LogP contribution in [0, 0.1) is 0 Å². The molecule has 1 aliphatic rings. The van der Waals surface area contributed by atoms with E-state index in [1.807, 2.05) is 46.7 Å². The van der Waals surface area contributed by atoms with Gasteiger partial charge >= 0.3 is 0 Å². The number of nitrogens with one attached hydrogen (secondary N) is 1. The summed E-state index contributed by atoms with van der Waals surface area (Å²) < 4.78 is 5.84. The molecular formula is C20H19N5O2S. The number of amides is 1. The van der Waals surface area contributed by atoms with Crippen LogP contribution in [0.25, 0.3) is 21.8 Å². The minimum absolute atomic E-state index is 0.108. The first-order chi connectivity index (χ1) is 13.8. The van der Waals surface area contributed by atoms with Gasteiger partial charge in [-0.15, -0.1) is 21.5 Å². The van der Waals surface area contributed by atoms with Crippen molar-refractivity contribution in [3.05, 3.63) is 53.5 Å². The van der Waals surface area contributed by atoms with Crippen LogP contribution >= 0.6 is 11.3 Å². The third kappa shape index (κ3) is 3.31. The van der Waals surface area contributed by atoms with Crippen molar-refractivity contribution >= 4 is 28.3 Å². The number of nitrogens with zero attached hydrogens (tertiary/aromatic N) is 4. The Kier molecular flexibility index (Phi) is 4.40. The summed E-state index contributed by atoms with van der Waals surface area (Å²) >= 11 is 1.57. The lowest BCUT2D eigenvalue weighted by atomic mass is 10.1. The Bertz CT molecular complexity index is 1070. The summed E-state index contributed by atoms with van der Waals surface area (Å²) in [6, 6.07) is 11.8. The summed E-state index contributed by atoms with van der Waals surface area (Å²) in [7, 11) is 0. The molecule has 3 aromatic heterocycles. The number of benzene rings is 1. The van der Waals surface area contributed by atoms with E-state index in [9.17, 15) is 4.79 Å². The summed E-state index contributed by atoms with van der Waals surface area (Å²) in [5.41, 5.74) is 1.94. The van der Waals surface area contributed by atoms with Gasteiger partial charge in [0.1, 0.15) is 5.82 Å². The average molecular weight is 393 g/mol. The van der Waals surface area contributed by atoms with Gasteiger partial charge in [0, 0.05) is 25.9 Å². The number of thiophene rings is 1. The fraction of sp³-hybridized carbons (Fsp3) is 0.300. The monoisotopic (exact) mass is 393 g/mol. The van der Waals surface area contributed by atoms with E-state index in [0.29, 0.717) is 31.2 Å². The summed E-state index contributed by atoms with van der Waals surface area (Å²) in [6.45, 7) is 1.35. The highest BCUT2D eigenvalue weighted by molar-refractivity contribution is 7.13. The number of para-hydroxylation sites is 2. The van der Waals surface area contributed by atoms with E-state index >= 15 is 0 Å². The topological polar surface area (TPSA) is 87.9 Å². The zero-order chi connectivity index (χ0) is 18.9. The molecule has 1 aliphatic heterocycles. The number of aromatic amines is 1. The van der Waals surface area contributed by atoms with Crippen LogP contribution in [0.2, 0.25) is 0 Å². The molecular weight excluding hydrogens is 374 g/mol. The molecule has 4 heterocycles. The molecule has 0 bridgehead atoms. The Hall–Kier alpha value is -3.00. The molecule has 4 aromatic rings. The van der Waals surface area contributed by atoms with Gasteiger partial charge in [0.25, 0.3) is 5.89 Å². The molecule has 1 unspecified atom stereocenters. The molecule has 8 heteroatoms. The first-order valence-corrected chi connectivity index (χ1v) is 10.2. The lowest BCUT2D eigenvalue weighted by Crippen LogP contribution is -2.28. The Morgan fingerprint density at radius 1 is 1.25 bits per heavy atom. The number of fused-ring (bicyclic) bond motifs is 1. The van der Waals surface area contributed by atoms with Gasteiger partial charge in [-0.1, -0.05) is 18.2 Å². The lowest BCUT2D eigenvalue weighted by molar-refractivity contribution is -0.130. The Balaban J connectivity index is 1.19. The largest absolute Gasteiger partial charge is 0.420 e. The van der Waals surface area contributed by atoms with Gasteiger partial charge in [-0.05, 0) is 30.0 Å². The van der Waals surface area contributed by atoms with Crippen LogP contribution in [0.1, 0.15) is 30.5 Å². The number of aryl methyl sites for hydroxylation is 1. The number of rotatable bonds is 5. The molecule has 0 saturated carbocycles. The van der Waals surface area contributed by atoms with Crippen molar-refractivity contribution in [3.63, 3.8) is 0 Å². The molecule has 1 amide bonds. The van der Waals surface area contributed by atoms with Crippen LogP contribution in [0.4, 0.5) is 0 Å². The second-order valence-electron chi connectivity index (χ2n) is 6.95. The van der Waals surface area contributed by atoms with Gasteiger partial charge in [-0.25, -0.2) is 4.98 Å². The Labute approximate surface area is 165 Å². The highest BCUT2D eigenvalue weighted by Crippen LogP contribution is 2.30. The number of likely N-dealkylation sites (tertiary alicyclic amines) is 1. The first-order valence-electron chi connectivity index (χ1n) is 9.35. The van der Waals surface area contributed by atoms with Crippen LogP contribution in [0.3, 0.4) is 0 Å². The summed E-state index contributed by atoms with van der Waals surface area (Å²) in [6.07, 6.45) is 1.90. The van der Waals surface area contributed by atoms with Gasteiger partial charge in [-0.2, -0.15) is 0 Å². The summed E-state index contributed by atoms with van der Waals surface area (Å²) in [5, 5.41) is 10.3. The normalized spacial score (nSPS) is 16.9. The Morgan fingerprint density at radius 2 is 2.18 bits per heavy atom. The van der Waals surface area contributed by atoms with Crippen LogP contribution in [-0.4, -0.2) is 44.1 Å². The summed E-state index contributed by atoms with van der Waals surface area (Å²) in [4.78, 5) is 23.3. The van der Waals surface area contributed by atoms with Gasteiger partial charge < -0.3 is 14.3 Å². The van der Waals surface area contributed by atoms with Crippen molar-refractivity contribution in [1.82, 2.24) is 25.1 Å². The highest BCUT2D eigenvalue weighted by atomic mass is 32.1. The molecule has 1 saturated heterocycles. The number of H-pyrrole nitrogens is 1. The molecule has 0 aliphatic carbocycles. The molecule has 28 heavy (non-hydrogen) atoms. The third-order valence-corrected chi connectivity index (χ3v) is 5.93. The Morgan fingerprint density at radius 3 is 3.04 bits per heavy atom. The molecule has 1 aromatic carbocycles. The number of aromatic nitrogens is 4. The third-order valence-electron chi connectivity index (χ3n) is 5.08. The average Bonchev–Trinajstić information content (AvgIpc) is 3.50. The zero-order valence-electron chi connectivity index (χ0n) is 15.2. The maximum absolute atomic E-state index is 12.6. The van der Waals surface area contributed by atoms with E-state index in [4.69, 9.17) is 4.42 Å². The second-order valence-corrected chi connectivity index (χ2v) is 7.90. The molecule has 0 radical (unpaired) electrons. The minimum Gasteiger partial charge on any atom is -0.420 e. The molecule has 0 spiro atoms. The van der Waals surface area contributed by atoms with E-state index in [2.05, 4.69) is 20.2 Å². The smallest absolute Gasteiger partial charge is 0.257 e. The van der Waals surface area contributed by atoms with Gasteiger partial charge in [0.05, 0.1) is 21.8 Å². The SMILES string of the molecule is O=C(CCc1nc2ccccc2[nH]1)N1CCC(c2nnc(-c3cccs3)o2)C1. The maximum Gasteiger partial charge on any atom is 0.257 e. The van der Waals surface area contributed by atoms with Crippen LogP contribution in [0.5, 0.6) is 0 Å². The number of imidazole rings is 1. The highest BCUT2D eigenvalue weighted by Gasteiger charge is 2.31. The van der Waals surface area contributed by atoms with E-state index in [0.717, 1.165) is 34.7 Å². The van der Waals surface area contributed by atoms with Crippen molar-refractivity contribution in [3.8, 4) is 10.8 Å². The second kappa shape index (κ2) is 7.20. The van der Waals surface area contributed by atoms with Gasteiger partial charge in [-0.3, -0.25) is 4.79 Å². The molecule has 5 rings (SSSR count). The van der Waals surface area contributed by atoms with Gasteiger partial charge in [0.15, 0.2) is 0 Å². The minimum atomic E-state index is 0.108. The van der Waals surface area contributed by atoms with Crippen molar-refractivity contribution in [2.24, 2.45) is 0 Å².